The summed E-state index contributed by atoms with van der Waals surface area (Å²) < 4.78 is 14.1. The summed E-state index contributed by atoms with van der Waals surface area (Å²) in [5, 5.41) is 3.38. The Labute approximate surface area is 116 Å². The van der Waals surface area contributed by atoms with Gasteiger partial charge in [0.15, 0.2) is 0 Å². The SMILES string of the molecule is CCCCC(C)Nc1ccc(N2CCCC2)c(F)c1. The molecule has 1 aromatic rings. The van der Waals surface area contributed by atoms with Crippen molar-refractivity contribution < 1.29 is 4.39 Å². The molecule has 106 valence electrons. The van der Waals surface area contributed by atoms with Gasteiger partial charge >= 0.3 is 0 Å². The van der Waals surface area contributed by atoms with Gasteiger partial charge in [-0.1, -0.05) is 19.8 Å². The molecule has 0 saturated carbocycles. The second-order valence-corrected chi connectivity index (χ2v) is 5.55. The maximum Gasteiger partial charge on any atom is 0.148 e. The van der Waals surface area contributed by atoms with Crippen molar-refractivity contribution in [1.82, 2.24) is 0 Å². The van der Waals surface area contributed by atoms with Gasteiger partial charge in [0.1, 0.15) is 5.82 Å². The second-order valence-electron chi connectivity index (χ2n) is 5.55. The number of unbranched alkanes of at least 4 members (excludes halogenated alkanes) is 1. The molecule has 0 spiro atoms. The van der Waals surface area contributed by atoms with E-state index in [0.717, 1.165) is 30.9 Å². The Balaban J connectivity index is 1.98. The van der Waals surface area contributed by atoms with Crippen LogP contribution in [-0.4, -0.2) is 19.1 Å². The minimum Gasteiger partial charge on any atom is -0.383 e. The molecule has 0 aliphatic carbocycles. The molecule has 1 heterocycles. The lowest BCUT2D eigenvalue weighted by Gasteiger charge is -2.20. The first-order valence-electron chi connectivity index (χ1n) is 7.51. The summed E-state index contributed by atoms with van der Waals surface area (Å²) in [6, 6.07) is 5.95. The van der Waals surface area contributed by atoms with Crippen LogP contribution >= 0.6 is 0 Å². The van der Waals surface area contributed by atoms with Crippen molar-refractivity contribution in [3.8, 4) is 0 Å². The number of nitrogens with one attached hydrogen (secondary N) is 1. The Morgan fingerprint density at radius 3 is 2.68 bits per heavy atom. The van der Waals surface area contributed by atoms with E-state index >= 15 is 0 Å². The third-order valence-corrected chi connectivity index (χ3v) is 3.80. The molecule has 19 heavy (non-hydrogen) atoms. The summed E-state index contributed by atoms with van der Waals surface area (Å²) in [6.07, 6.45) is 5.89. The number of halogens is 1. The number of anilines is 2. The quantitative estimate of drug-likeness (QED) is 0.818. The lowest BCUT2D eigenvalue weighted by Crippen LogP contribution is -2.19. The van der Waals surface area contributed by atoms with Gasteiger partial charge in [-0.2, -0.15) is 0 Å². The molecule has 1 atom stereocenters. The molecule has 1 fully saturated rings. The van der Waals surface area contributed by atoms with Gasteiger partial charge in [-0.25, -0.2) is 4.39 Å². The number of hydrogen-bond donors (Lipinski definition) is 1. The minimum absolute atomic E-state index is 0.102. The highest BCUT2D eigenvalue weighted by Crippen LogP contribution is 2.26. The fraction of sp³-hybridized carbons (Fsp3) is 0.625. The highest BCUT2D eigenvalue weighted by molar-refractivity contribution is 5.57. The third kappa shape index (κ3) is 3.85. The van der Waals surface area contributed by atoms with E-state index < -0.39 is 0 Å². The van der Waals surface area contributed by atoms with Crippen molar-refractivity contribution in [3.05, 3.63) is 24.0 Å². The second kappa shape index (κ2) is 6.78. The standard InChI is InChI=1S/C16H25FN2/c1-3-4-7-13(2)18-14-8-9-16(15(17)12-14)19-10-5-6-11-19/h8-9,12-13,18H,3-7,10-11H2,1-2H3. The summed E-state index contributed by atoms with van der Waals surface area (Å²) >= 11 is 0. The Morgan fingerprint density at radius 1 is 1.32 bits per heavy atom. The fourth-order valence-corrected chi connectivity index (χ4v) is 2.68. The molecule has 1 N–H and O–H groups in total. The summed E-state index contributed by atoms with van der Waals surface area (Å²) in [7, 11) is 0. The van der Waals surface area contributed by atoms with Gasteiger partial charge in [0.25, 0.3) is 0 Å². The molecule has 2 rings (SSSR count). The van der Waals surface area contributed by atoms with Crippen LogP contribution in [-0.2, 0) is 0 Å². The smallest absolute Gasteiger partial charge is 0.148 e. The van der Waals surface area contributed by atoms with E-state index in [9.17, 15) is 4.39 Å². The number of rotatable bonds is 6. The topological polar surface area (TPSA) is 15.3 Å². The summed E-state index contributed by atoms with van der Waals surface area (Å²) in [6.45, 7) is 6.31. The molecule has 1 saturated heterocycles. The number of nitrogens with zero attached hydrogens (tertiary/aromatic N) is 1. The molecule has 0 bridgehead atoms. The Bertz CT molecular complexity index is 400. The van der Waals surface area contributed by atoms with Crippen LogP contribution in [0.2, 0.25) is 0 Å². The zero-order chi connectivity index (χ0) is 13.7. The predicted molar refractivity (Wildman–Crippen MR) is 80.5 cm³/mol. The van der Waals surface area contributed by atoms with E-state index in [-0.39, 0.29) is 5.82 Å². The van der Waals surface area contributed by atoms with Gasteiger partial charge in [0, 0.05) is 24.8 Å². The molecule has 0 aromatic heterocycles. The lowest BCUT2D eigenvalue weighted by molar-refractivity contribution is 0.620. The zero-order valence-electron chi connectivity index (χ0n) is 12.1. The molecule has 1 aliphatic heterocycles. The van der Waals surface area contributed by atoms with E-state index in [1.807, 2.05) is 12.1 Å². The van der Waals surface area contributed by atoms with Gasteiger partial charge in [0.05, 0.1) is 5.69 Å². The first-order chi connectivity index (χ1) is 9.20. The lowest BCUT2D eigenvalue weighted by atomic mass is 10.1. The van der Waals surface area contributed by atoms with Crippen molar-refractivity contribution in [2.45, 2.75) is 52.0 Å². The maximum absolute atomic E-state index is 14.1. The van der Waals surface area contributed by atoms with Gasteiger partial charge < -0.3 is 10.2 Å². The van der Waals surface area contributed by atoms with Crippen LogP contribution < -0.4 is 10.2 Å². The van der Waals surface area contributed by atoms with E-state index in [2.05, 4.69) is 24.1 Å². The van der Waals surface area contributed by atoms with Gasteiger partial charge in [-0.15, -0.1) is 0 Å². The summed E-state index contributed by atoms with van der Waals surface area (Å²) in [5.74, 6) is -0.102. The Kier molecular flexibility index (Phi) is 5.06. The van der Waals surface area contributed by atoms with Crippen LogP contribution in [0.4, 0.5) is 15.8 Å². The molecule has 1 aliphatic rings. The van der Waals surface area contributed by atoms with Crippen molar-refractivity contribution in [2.24, 2.45) is 0 Å². The molecular weight excluding hydrogens is 239 g/mol. The van der Waals surface area contributed by atoms with Crippen LogP contribution in [0.1, 0.15) is 46.0 Å². The normalized spacial score (nSPS) is 16.7. The molecule has 1 aromatic carbocycles. The fourth-order valence-electron chi connectivity index (χ4n) is 2.68. The predicted octanol–water partition coefficient (Wildman–Crippen LogP) is 4.42. The maximum atomic E-state index is 14.1. The molecule has 0 radical (unpaired) electrons. The Hall–Kier alpha value is -1.25. The van der Waals surface area contributed by atoms with E-state index in [4.69, 9.17) is 0 Å². The summed E-state index contributed by atoms with van der Waals surface area (Å²) in [4.78, 5) is 2.14. The van der Waals surface area contributed by atoms with Crippen molar-refractivity contribution in [3.63, 3.8) is 0 Å². The van der Waals surface area contributed by atoms with Crippen LogP contribution in [0.3, 0.4) is 0 Å². The zero-order valence-corrected chi connectivity index (χ0v) is 12.1. The van der Waals surface area contributed by atoms with Crippen LogP contribution in [0, 0.1) is 5.82 Å². The highest BCUT2D eigenvalue weighted by Gasteiger charge is 2.16. The van der Waals surface area contributed by atoms with Crippen LogP contribution in [0.25, 0.3) is 0 Å². The molecule has 0 amide bonds. The monoisotopic (exact) mass is 264 g/mol. The number of benzene rings is 1. The summed E-state index contributed by atoms with van der Waals surface area (Å²) in [5.41, 5.74) is 1.65. The van der Waals surface area contributed by atoms with Gasteiger partial charge in [-0.3, -0.25) is 0 Å². The molecular formula is C16H25FN2. The number of hydrogen-bond acceptors (Lipinski definition) is 2. The average molecular weight is 264 g/mol. The minimum atomic E-state index is -0.102. The first kappa shape index (κ1) is 14.2. The van der Waals surface area contributed by atoms with Crippen molar-refractivity contribution in [1.29, 1.82) is 0 Å². The largest absolute Gasteiger partial charge is 0.383 e. The average Bonchev–Trinajstić information content (AvgIpc) is 2.90. The van der Waals surface area contributed by atoms with Gasteiger partial charge in [-0.05, 0) is 44.4 Å². The highest BCUT2D eigenvalue weighted by atomic mass is 19.1. The third-order valence-electron chi connectivity index (χ3n) is 3.80. The van der Waals surface area contributed by atoms with E-state index in [1.54, 1.807) is 6.07 Å². The van der Waals surface area contributed by atoms with E-state index in [0.29, 0.717) is 6.04 Å². The van der Waals surface area contributed by atoms with Crippen LogP contribution in [0.15, 0.2) is 18.2 Å². The van der Waals surface area contributed by atoms with Crippen molar-refractivity contribution in [2.75, 3.05) is 23.3 Å². The van der Waals surface area contributed by atoms with E-state index in [1.165, 1.54) is 25.7 Å². The molecule has 2 nitrogen and oxygen atoms in total. The van der Waals surface area contributed by atoms with Crippen molar-refractivity contribution >= 4 is 11.4 Å². The van der Waals surface area contributed by atoms with Crippen LogP contribution in [0.5, 0.6) is 0 Å². The molecule has 1 unspecified atom stereocenters. The van der Waals surface area contributed by atoms with Gasteiger partial charge in [0.2, 0.25) is 0 Å². The Morgan fingerprint density at radius 2 is 2.05 bits per heavy atom. The first-order valence-corrected chi connectivity index (χ1v) is 7.51. The molecule has 3 heteroatoms.